The molecule has 3 aliphatic heterocycles. The Morgan fingerprint density at radius 1 is 1.21 bits per heavy atom. The van der Waals surface area contributed by atoms with E-state index in [1.165, 1.54) is 18.4 Å². The molecule has 0 saturated carbocycles. The van der Waals surface area contributed by atoms with Crippen LogP contribution in [0.25, 0.3) is 22.1 Å². The summed E-state index contributed by atoms with van der Waals surface area (Å²) in [5.74, 6) is 0.756. The number of aliphatic hydroxyl groups excluding tert-OH is 1. The number of terminal acetylenes is 1. The first-order chi connectivity index (χ1) is 20.2. The number of H-pyrrole nitrogens is 1. The lowest BCUT2D eigenvalue weighted by atomic mass is 9.82. The first-order valence-electron chi connectivity index (χ1n) is 13.3. The van der Waals surface area contributed by atoms with Crippen LogP contribution in [0, 0.1) is 12.5 Å². The van der Waals surface area contributed by atoms with Crippen LogP contribution in [-0.2, 0) is 10.4 Å². The van der Waals surface area contributed by atoms with Gasteiger partial charge in [-0.15, -0.1) is 0 Å². The van der Waals surface area contributed by atoms with Crippen molar-refractivity contribution in [3.63, 3.8) is 0 Å². The molecular formula is C29H28ClF3N4O4S. The van der Waals surface area contributed by atoms with Gasteiger partial charge in [0.2, 0.25) is 0 Å². The fourth-order valence-electron chi connectivity index (χ4n) is 5.45. The van der Waals surface area contributed by atoms with E-state index in [2.05, 4.69) is 21.4 Å². The van der Waals surface area contributed by atoms with Gasteiger partial charge < -0.3 is 24.1 Å². The second-order valence-electron chi connectivity index (χ2n) is 10.3. The molecule has 3 saturated heterocycles. The summed E-state index contributed by atoms with van der Waals surface area (Å²) in [5, 5.41) is 8.20. The number of pyridine rings is 1. The molecule has 6 heterocycles. The molecule has 1 aromatic carbocycles. The molecule has 3 aliphatic rings. The molecule has 0 bridgehead atoms. The van der Waals surface area contributed by atoms with E-state index < -0.39 is 17.9 Å². The number of aliphatic hydroxyl groups is 1. The third-order valence-corrected chi connectivity index (χ3v) is 9.03. The predicted molar refractivity (Wildman–Crippen MR) is 157 cm³/mol. The molecule has 3 fully saturated rings. The van der Waals surface area contributed by atoms with E-state index in [4.69, 9.17) is 25.9 Å². The molecular weight excluding hydrogens is 593 g/mol. The molecule has 4 aromatic rings. The largest absolute Gasteiger partial charge is 0.462 e. The minimum absolute atomic E-state index is 0.151. The van der Waals surface area contributed by atoms with Crippen molar-refractivity contribution in [2.24, 2.45) is 0 Å². The lowest BCUT2D eigenvalue weighted by molar-refractivity contribution is -0.0437. The highest BCUT2D eigenvalue weighted by Gasteiger charge is 2.52. The number of furan rings is 1. The van der Waals surface area contributed by atoms with E-state index in [0.717, 1.165) is 31.3 Å². The second kappa shape index (κ2) is 12.5. The van der Waals surface area contributed by atoms with Crippen molar-refractivity contribution >= 4 is 51.2 Å². The number of rotatable bonds is 3. The maximum atomic E-state index is 15.1. The summed E-state index contributed by atoms with van der Waals surface area (Å²) in [5.41, 5.74) is -0.201. The number of fused-ring (bicyclic) bond motifs is 3. The Labute approximate surface area is 248 Å². The molecule has 0 unspecified atom stereocenters. The van der Waals surface area contributed by atoms with Crippen LogP contribution in [0.5, 0.6) is 0 Å². The highest BCUT2D eigenvalue weighted by molar-refractivity contribution is 8.00. The molecule has 1 spiro atoms. The maximum absolute atomic E-state index is 15.1. The lowest BCUT2D eigenvalue weighted by Gasteiger charge is -2.48. The number of nitrogens with one attached hydrogen (secondary N) is 1. The monoisotopic (exact) mass is 620 g/mol. The SMILES string of the molecule is C#CO.FC(F)c1nc(N2CCCC2)c2oc3ccccc3c2n1.O=c1[nH]cc(Cl)cc1[C@]1(F)CCSC2(COC2)C1. The number of para-hydroxylation sites is 1. The summed E-state index contributed by atoms with van der Waals surface area (Å²) >= 11 is 7.60. The Morgan fingerprint density at radius 2 is 1.93 bits per heavy atom. The molecule has 0 aliphatic carbocycles. The first kappa shape index (κ1) is 30.1. The topological polar surface area (TPSA) is 104 Å². The normalized spacial score (nSPS) is 20.9. The second-order valence-corrected chi connectivity index (χ2v) is 12.3. The molecule has 8 nitrogen and oxygen atoms in total. The van der Waals surface area contributed by atoms with E-state index in [0.29, 0.717) is 59.3 Å². The van der Waals surface area contributed by atoms with Gasteiger partial charge in [0.15, 0.2) is 17.2 Å². The average Bonchev–Trinajstić information content (AvgIpc) is 3.62. The van der Waals surface area contributed by atoms with Crippen molar-refractivity contribution in [3.8, 4) is 12.5 Å². The first-order valence-corrected chi connectivity index (χ1v) is 14.7. The van der Waals surface area contributed by atoms with Gasteiger partial charge >= 0.3 is 0 Å². The van der Waals surface area contributed by atoms with Crippen LogP contribution in [0.3, 0.4) is 0 Å². The Kier molecular flexibility index (Phi) is 8.92. The predicted octanol–water partition coefficient (Wildman–Crippen LogP) is 6.35. The third-order valence-electron chi connectivity index (χ3n) is 7.41. The number of hydrogen-bond donors (Lipinski definition) is 2. The highest BCUT2D eigenvalue weighted by atomic mass is 35.5. The summed E-state index contributed by atoms with van der Waals surface area (Å²) in [6.45, 7) is 2.77. The van der Waals surface area contributed by atoms with Crippen LogP contribution in [-0.4, -0.2) is 56.9 Å². The fourth-order valence-corrected chi connectivity index (χ4v) is 7.14. The van der Waals surface area contributed by atoms with E-state index in [-0.39, 0.29) is 15.9 Å². The number of ether oxygens (including phenoxy) is 1. The third kappa shape index (κ3) is 6.04. The number of benzene rings is 1. The average molecular weight is 621 g/mol. The van der Waals surface area contributed by atoms with Gasteiger partial charge in [0, 0.05) is 31.1 Å². The van der Waals surface area contributed by atoms with E-state index in [9.17, 15) is 13.6 Å². The smallest absolute Gasteiger partial charge is 0.297 e. The number of aromatic nitrogens is 3. The number of halogens is 4. The van der Waals surface area contributed by atoms with Crippen LogP contribution in [0.2, 0.25) is 5.02 Å². The molecule has 7 rings (SSSR count). The van der Waals surface area contributed by atoms with Crippen molar-refractivity contribution in [3.05, 3.63) is 63.3 Å². The summed E-state index contributed by atoms with van der Waals surface area (Å²) in [7, 11) is 0. The van der Waals surface area contributed by atoms with E-state index in [1.54, 1.807) is 11.8 Å². The number of hydrogen-bond acceptors (Lipinski definition) is 8. The summed E-state index contributed by atoms with van der Waals surface area (Å²) < 4.78 is 52.2. The molecule has 1 atom stereocenters. The Morgan fingerprint density at radius 3 is 2.60 bits per heavy atom. The summed E-state index contributed by atoms with van der Waals surface area (Å²) in [4.78, 5) is 24.3. The molecule has 2 N–H and O–H groups in total. The van der Waals surface area contributed by atoms with Crippen molar-refractivity contribution < 1.29 is 27.4 Å². The van der Waals surface area contributed by atoms with Crippen molar-refractivity contribution in [1.29, 1.82) is 0 Å². The van der Waals surface area contributed by atoms with Crippen LogP contribution in [0.15, 0.2) is 45.7 Å². The van der Waals surface area contributed by atoms with Crippen LogP contribution in [0.1, 0.15) is 43.5 Å². The van der Waals surface area contributed by atoms with Gasteiger partial charge in [0.25, 0.3) is 12.0 Å². The number of nitrogens with zero attached hydrogens (tertiary/aromatic N) is 3. The standard InChI is InChI=1S/C15H13F2N3O.C12H13ClFNO2S.C2H2O/c16-13(17)14-18-11-9-5-1-2-6-10(9)21-12(11)15(19-14)20-7-3-4-8-20;13-8-3-9(10(16)15-4-8)12(14)1-2-18-11(5-12)6-17-7-11;1-2-3/h1-2,5-6,13H,3-4,7-8H2;3-4H,1-2,5-7H2,(H,15,16);1,3H/t;12-;/m.0./s1. The van der Waals surface area contributed by atoms with Crippen molar-refractivity contribution in [2.75, 3.05) is 37.0 Å². The lowest BCUT2D eigenvalue weighted by Crippen LogP contribution is -2.54. The Bertz CT molecular complexity index is 1670. The molecule has 222 valence electrons. The van der Waals surface area contributed by atoms with Crippen molar-refractivity contribution in [1.82, 2.24) is 15.0 Å². The highest BCUT2D eigenvalue weighted by Crippen LogP contribution is 2.51. The minimum atomic E-state index is -2.69. The van der Waals surface area contributed by atoms with Gasteiger partial charge in [-0.05, 0) is 43.2 Å². The number of aromatic amines is 1. The number of anilines is 1. The molecule has 42 heavy (non-hydrogen) atoms. The fraction of sp³-hybridized carbons (Fsp3) is 0.414. The van der Waals surface area contributed by atoms with Gasteiger partial charge in [0.1, 0.15) is 22.9 Å². The minimum Gasteiger partial charge on any atom is -0.462 e. The summed E-state index contributed by atoms with van der Waals surface area (Å²) in [6.07, 6.45) is 6.85. The quantitative estimate of drug-likeness (QED) is 0.255. The van der Waals surface area contributed by atoms with Gasteiger partial charge in [0.05, 0.1) is 28.5 Å². The zero-order chi connectivity index (χ0) is 29.9. The van der Waals surface area contributed by atoms with Crippen molar-refractivity contribution in [2.45, 2.75) is 42.5 Å². The number of alkyl halides is 3. The van der Waals surface area contributed by atoms with E-state index in [1.807, 2.05) is 29.2 Å². The maximum Gasteiger partial charge on any atom is 0.297 e. The van der Waals surface area contributed by atoms with Gasteiger partial charge in [-0.25, -0.2) is 23.1 Å². The Balaban J connectivity index is 0.000000155. The zero-order valence-electron chi connectivity index (χ0n) is 22.4. The molecule has 3 aromatic heterocycles. The van der Waals surface area contributed by atoms with Crippen LogP contribution >= 0.6 is 23.4 Å². The molecule has 13 heteroatoms. The van der Waals surface area contributed by atoms with Crippen LogP contribution < -0.4 is 10.5 Å². The van der Waals surface area contributed by atoms with Gasteiger partial charge in [-0.3, -0.25) is 4.79 Å². The molecule has 0 amide bonds. The zero-order valence-corrected chi connectivity index (χ0v) is 24.0. The van der Waals surface area contributed by atoms with Crippen LogP contribution in [0.4, 0.5) is 19.0 Å². The van der Waals surface area contributed by atoms with Gasteiger partial charge in [-0.2, -0.15) is 11.8 Å². The molecule has 0 radical (unpaired) electrons. The van der Waals surface area contributed by atoms with Gasteiger partial charge in [-0.1, -0.05) is 30.2 Å². The Hall–Kier alpha value is -3.40. The van der Waals surface area contributed by atoms with E-state index >= 15 is 4.39 Å². The summed E-state index contributed by atoms with van der Waals surface area (Å²) in [6, 6.07) is 8.78. The number of thioether (sulfide) groups is 1.